The van der Waals surface area contributed by atoms with E-state index in [1.807, 2.05) is 13.8 Å². The van der Waals surface area contributed by atoms with Crippen molar-refractivity contribution in [3.8, 4) is 0 Å². The Bertz CT molecular complexity index is 1510. The number of ketones is 1. The van der Waals surface area contributed by atoms with Crippen LogP contribution in [0, 0.1) is 11.8 Å². The van der Waals surface area contributed by atoms with Crippen LogP contribution in [-0.2, 0) is 23.9 Å². The second-order valence-corrected chi connectivity index (χ2v) is 12.4. The van der Waals surface area contributed by atoms with E-state index in [0.717, 1.165) is 51.4 Å². The molecule has 0 saturated carbocycles. The fraction of sp³-hybridized carbons (Fsp3) is 0.500. The molecule has 2 amide bonds. The zero-order valence-corrected chi connectivity index (χ0v) is 30.2. The van der Waals surface area contributed by atoms with Gasteiger partial charge in [0.15, 0.2) is 5.70 Å². The van der Waals surface area contributed by atoms with Crippen LogP contribution in [0.5, 0.6) is 0 Å². The molecule has 0 heterocycles. The topological polar surface area (TPSA) is 173 Å². The number of allylic oxidation sites excluding steroid dienone is 1. The number of hydrogen-bond acceptors (Lipinski definition) is 10. The lowest BCUT2D eigenvalue weighted by atomic mass is 10.0. The zero-order chi connectivity index (χ0) is 37.1. The van der Waals surface area contributed by atoms with Gasteiger partial charge in [-0.3, -0.25) is 14.4 Å². The summed E-state index contributed by atoms with van der Waals surface area (Å²) in [6.07, 6.45) is 7.41. The largest absolute Gasteiger partial charge is 0.510 e. The van der Waals surface area contributed by atoms with E-state index < -0.39 is 35.2 Å². The Hall–Kier alpha value is -4.87. The van der Waals surface area contributed by atoms with E-state index in [4.69, 9.17) is 9.47 Å². The highest BCUT2D eigenvalue weighted by molar-refractivity contribution is 6.05. The summed E-state index contributed by atoms with van der Waals surface area (Å²) in [5.41, 5.74) is 0.510. The zero-order valence-electron chi connectivity index (χ0n) is 30.2. The number of aliphatic hydroxyl groups excluding tert-OH is 1. The van der Waals surface area contributed by atoms with Crippen LogP contribution in [0.3, 0.4) is 0 Å². The first kappa shape index (κ1) is 41.3. The number of hydrogen-bond donors (Lipinski definition) is 3. The number of azo groups is 1. The molecule has 0 aliphatic heterocycles. The van der Waals surface area contributed by atoms with Crippen molar-refractivity contribution in [2.24, 2.45) is 22.1 Å². The first-order valence-corrected chi connectivity index (χ1v) is 17.4. The lowest BCUT2D eigenvalue weighted by Crippen LogP contribution is -2.19. The minimum atomic E-state index is -0.770. The van der Waals surface area contributed by atoms with Gasteiger partial charge in [-0.2, -0.15) is 5.11 Å². The maximum Gasteiger partial charge on any atom is 0.339 e. The summed E-state index contributed by atoms with van der Waals surface area (Å²) < 4.78 is 11.3. The van der Waals surface area contributed by atoms with Crippen molar-refractivity contribution < 1.29 is 38.6 Å². The van der Waals surface area contributed by atoms with E-state index in [1.54, 1.807) is 0 Å². The third-order valence-electron chi connectivity index (χ3n) is 8.09. The van der Waals surface area contributed by atoms with Crippen LogP contribution in [0.15, 0.2) is 64.1 Å². The average Bonchev–Trinajstić information content (AvgIpc) is 3.08. The van der Waals surface area contributed by atoms with Gasteiger partial charge in [0.2, 0.25) is 5.91 Å². The third kappa shape index (κ3) is 14.3. The molecule has 0 fully saturated rings. The Morgan fingerprint density at radius 1 is 0.740 bits per heavy atom. The number of carbonyl (C=O) groups excluding carboxylic acids is 5. The summed E-state index contributed by atoms with van der Waals surface area (Å²) in [6.45, 7) is 11.3. The van der Waals surface area contributed by atoms with Gasteiger partial charge >= 0.3 is 11.9 Å². The van der Waals surface area contributed by atoms with Crippen molar-refractivity contribution in [3.05, 3.63) is 65.0 Å². The van der Waals surface area contributed by atoms with E-state index in [1.165, 1.54) is 56.3 Å². The Morgan fingerprint density at radius 3 is 1.74 bits per heavy atom. The van der Waals surface area contributed by atoms with Crippen molar-refractivity contribution in [1.29, 1.82) is 0 Å². The second-order valence-electron chi connectivity index (χ2n) is 12.4. The van der Waals surface area contributed by atoms with E-state index in [-0.39, 0.29) is 54.1 Å². The number of Topliss-reactive ketones (excluding diaryl/α,β-unsaturated/α-hetero) is 1. The van der Waals surface area contributed by atoms with Crippen LogP contribution < -0.4 is 10.6 Å². The van der Waals surface area contributed by atoms with Crippen molar-refractivity contribution in [1.82, 2.24) is 0 Å². The summed E-state index contributed by atoms with van der Waals surface area (Å²) >= 11 is 0. The van der Waals surface area contributed by atoms with Gasteiger partial charge in [-0.25, -0.2) is 9.59 Å². The van der Waals surface area contributed by atoms with Crippen LogP contribution in [-0.4, -0.2) is 47.9 Å². The molecule has 0 spiro atoms. The normalized spacial score (nSPS) is 12.8. The summed E-state index contributed by atoms with van der Waals surface area (Å²) in [5.74, 6) is -2.86. The highest BCUT2D eigenvalue weighted by atomic mass is 16.5. The number of esters is 2. The van der Waals surface area contributed by atoms with Crippen LogP contribution >= 0.6 is 0 Å². The number of anilines is 2. The van der Waals surface area contributed by atoms with Gasteiger partial charge in [0.1, 0.15) is 11.5 Å². The molecule has 2 unspecified atom stereocenters. The number of unbranched alkanes of at least 4 members (excludes halogenated alkanes) is 2. The Balaban J connectivity index is 2.29. The third-order valence-corrected chi connectivity index (χ3v) is 8.09. The molecule has 0 radical (unpaired) electrons. The minimum absolute atomic E-state index is 0.0358. The lowest BCUT2D eigenvalue weighted by molar-refractivity contribution is -0.124. The molecule has 0 saturated heterocycles. The molecule has 2 aromatic rings. The number of benzene rings is 2. The average molecular weight is 693 g/mol. The first-order chi connectivity index (χ1) is 23.9. The number of nitrogens with one attached hydrogen (secondary N) is 2. The van der Waals surface area contributed by atoms with Crippen molar-refractivity contribution in [2.45, 2.75) is 99.3 Å². The smallest absolute Gasteiger partial charge is 0.339 e. The SMILES string of the molecule is CCCCC(CC)COC(=O)c1ccc(N=NC(C(=O)Nc2ccc(NC(=O)CC(C)=O)cc2)=C(C)O)cc1C(=O)OCC(CC)CCCC. The second kappa shape index (κ2) is 22.0. The van der Waals surface area contributed by atoms with Gasteiger partial charge in [-0.1, -0.05) is 66.2 Å². The number of aliphatic hydroxyl groups is 1. The molecular formula is C38H52N4O8. The molecular weight excluding hydrogens is 640 g/mol. The van der Waals surface area contributed by atoms with E-state index in [2.05, 4.69) is 34.7 Å². The maximum absolute atomic E-state index is 13.4. The minimum Gasteiger partial charge on any atom is -0.510 e. The van der Waals surface area contributed by atoms with Crippen LogP contribution in [0.25, 0.3) is 0 Å². The Morgan fingerprint density at radius 2 is 1.26 bits per heavy atom. The van der Waals surface area contributed by atoms with Gasteiger partial charge in [0, 0.05) is 11.4 Å². The summed E-state index contributed by atoms with van der Waals surface area (Å²) in [4.78, 5) is 62.6. The van der Waals surface area contributed by atoms with Gasteiger partial charge in [0.25, 0.3) is 5.91 Å². The van der Waals surface area contributed by atoms with E-state index in [0.29, 0.717) is 11.4 Å². The van der Waals surface area contributed by atoms with E-state index >= 15 is 0 Å². The summed E-state index contributed by atoms with van der Waals surface area (Å²) in [7, 11) is 0. The molecule has 50 heavy (non-hydrogen) atoms. The van der Waals surface area contributed by atoms with Crippen molar-refractivity contribution in [2.75, 3.05) is 23.8 Å². The Labute approximate surface area is 295 Å². The van der Waals surface area contributed by atoms with Gasteiger partial charge in [0.05, 0.1) is 36.4 Å². The number of amides is 2. The van der Waals surface area contributed by atoms with Gasteiger partial charge in [-0.05, 0) is 81.0 Å². The molecule has 272 valence electrons. The molecule has 0 aliphatic carbocycles. The quantitative estimate of drug-likeness (QED) is 0.0382. The molecule has 12 heteroatoms. The van der Waals surface area contributed by atoms with Crippen molar-refractivity contribution in [3.63, 3.8) is 0 Å². The number of carbonyl (C=O) groups is 5. The fourth-order valence-electron chi connectivity index (χ4n) is 4.93. The Kier molecular flexibility index (Phi) is 18.1. The highest BCUT2D eigenvalue weighted by Crippen LogP contribution is 2.24. The number of nitrogens with zero attached hydrogens (tertiary/aromatic N) is 2. The first-order valence-electron chi connectivity index (χ1n) is 17.4. The molecule has 3 N–H and O–H groups in total. The van der Waals surface area contributed by atoms with Crippen LogP contribution in [0.4, 0.5) is 17.1 Å². The molecule has 2 rings (SSSR count). The molecule has 2 atom stereocenters. The molecule has 0 aromatic heterocycles. The predicted octanol–water partition coefficient (Wildman–Crippen LogP) is 8.86. The molecule has 2 aromatic carbocycles. The number of ether oxygens (including phenoxy) is 2. The maximum atomic E-state index is 13.4. The predicted molar refractivity (Wildman–Crippen MR) is 192 cm³/mol. The van der Waals surface area contributed by atoms with Crippen LogP contribution in [0.1, 0.15) is 120 Å². The summed E-state index contributed by atoms with van der Waals surface area (Å²) in [5, 5.41) is 23.5. The monoisotopic (exact) mass is 692 g/mol. The van der Waals surface area contributed by atoms with E-state index in [9.17, 15) is 29.1 Å². The lowest BCUT2D eigenvalue weighted by Gasteiger charge is -2.17. The summed E-state index contributed by atoms with van der Waals surface area (Å²) in [6, 6.07) is 10.4. The molecule has 0 bridgehead atoms. The molecule has 12 nitrogen and oxygen atoms in total. The van der Waals surface area contributed by atoms with Crippen molar-refractivity contribution >= 4 is 46.6 Å². The molecule has 0 aliphatic rings. The van der Waals surface area contributed by atoms with Gasteiger partial charge < -0.3 is 25.2 Å². The highest BCUT2D eigenvalue weighted by Gasteiger charge is 2.23. The number of rotatable bonds is 21. The standard InChI is InChI=1S/C38H52N4O8/c1-7-11-13-27(9-3)23-49-37(47)32-20-19-31(22-33(32)38(48)50-24-28(10-4)14-12-8-2)41-42-35(26(6)44)36(46)40-30-17-15-29(16-18-30)39-34(45)21-25(5)43/h15-20,22,27-28,44H,7-14,21,23-24H2,1-6H3,(H,39,45)(H,40,46). The van der Waals surface area contributed by atoms with Crippen LogP contribution in [0.2, 0.25) is 0 Å². The fourth-order valence-corrected chi connectivity index (χ4v) is 4.93. The van der Waals surface area contributed by atoms with Gasteiger partial charge in [-0.15, -0.1) is 5.11 Å².